The quantitative estimate of drug-likeness (QED) is 0.0113. The number of unbranched alkanes of at least 4 members (excludes halogenated alkanes) is 11. The number of para-hydroxylation sites is 2. The lowest BCUT2D eigenvalue weighted by Gasteiger charge is -2.51. The fraction of sp³-hybridized carbons (Fsp3) is 0.667. The Balaban J connectivity index is 2.10. The van der Waals surface area contributed by atoms with E-state index in [1.54, 1.807) is 9.65 Å². The molecule has 65 heavy (non-hydrogen) atoms. The number of halogens is 1. The minimum absolute atomic E-state index is 0.287. The number of hydrogen-bond acceptors (Lipinski definition) is 10. The largest absolute Gasteiger partial charge is 0.382 e. The van der Waals surface area contributed by atoms with Gasteiger partial charge in [0.1, 0.15) is 5.69 Å². The molecule has 0 spiro atoms. The molecule has 10 nitrogen and oxygen atoms in total. The molecule has 2 unspecified atom stereocenters. The van der Waals surface area contributed by atoms with Gasteiger partial charge in [0.25, 0.3) is 0 Å². The zero-order valence-corrected chi connectivity index (χ0v) is 43.1. The molecule has 0 aliphatic heterocycles. The van der Waals surface area contributed by atoms with Crippen LogP contribution in [0.5, 0.6) is 0 Å². The van der Waals surface area contributed by atoms with Crippen molar-refractivity contribution in [2.45, 2.75) is 182 Å². The summed E-state index contributed by atoms with van der Waals surface area (Å²) in [6, 6.07) is 21.0. The lowest BCUT2D eigenvalue weighted by molar-refractivity contribution is -0.0599. The molecule has 0 radical (unpaired) electrons. The van der Waals surface area contributed by atoms with Crippen molar-refractivity contribution in [2.24, 2.45) is 11.8 Å². The Morgan fingerprint density at radius 1 is 0.662 bits per heavy atom. The average molecular weight is 918 g/mol. The molecule has 366 valence electrons. The third-order valence-electron chi connectivity index (χ3n) is 13.7. The summed E-state index contributed by atoms with van der Waals surface area (Å²) in [5.74, 6) is 6.95. The van der Waals surface area contributed by atoms with Gasteiger partial charge in [-0.05, 0) is 96.0 Å². The molecule has 1 aliphatic rings. The van der Waals surface area contributed by atoms with Crippen molar-refractivity contribution in [3.8, 4) is 0 Å². The predicted molar refractivity (Wildman–Crippen MR) is 287 cm³/mol. The highest BCUT2D eigenvalue weighted by Crippen LogP contribution is 2.55. The third kappa shape index (κ3) is 15.6. The highest BCUT2D eigenvalue weighted by Gasteiger charge is 2.47. The smallest absolute Gasteiger partial charge is 0.159 e. The van der Waals surface area contributed by atoms with Crippen LogP contribution in [0.1, 0.15) is 176 Å². The van der Waals surface area contributed by atoms with Gasteiger partial charge < -0.3 is 21.3 Å². The van der Waals surface area contributed by atoms with E-state index in [0.717, 1.165) is 117 Å². The van der Waals surface area contributed by atoms with Gasteiger partial charge in [0, 0.05) is 36.6 Å². The van der Waals surface area contributed by atoms with Crippen LogP contribution in [0.4, 0.5) is 39.8 Å². The Morgan fingerprint density at radius 2 is 1.23 bits per heavy atom. The van der Waals surface area contributed by atoms with Crippen LogP contribution in [0.25, 0.3) is 0 Å². The summed E-state index contributed by atoms with van der Waals surface area (Å²) in [4.78, 5) is 4.90. The molecule has 0 bridgehead atoms. The second-order valence-corrected chi connectivity index (χ2v) is 19.0. The van der Waals surface area contributed by atoms with E-state index < -0.39 is 5.79 Å². The van der Waals surface area contributed by atoms with Gasteiger partial charge in [-0.25, -0.2) is 11.0 Å². The maximum atomic E-state index is 7.98. The van der Waals surface area contributed by atoms with Crippen LogP contribution in [0, 0.1) is 5.92 Å². The molecule has 11 heteroatoms. The zero-order chi connectivity index (χ0) is 46.9. The van der Waals surface area contributed by atoms with E-state index in [9.17, 15) is 0 Å². The highest BCUT2D eigenvalue weighted by atomic mass is 35.5. The van der Waals surface area contributed by atoms with Crippen molar-refractivity contribution >= 4 is 51.6 Å². The summed E-state index contributed by atoms with van der Waals surface area (Å²) in [6.45, 7) is 17.8. The van der Waals surface area contributed by atoms with Gasteiger partial charge in [0.05, 0.1) is 34.0 Å². The Bertz CT molecular complexity index is 1700. The monoisotopic (exact) mass is 917 g/mol. The summed E-state index contributed by atoms with van der Waals surface area (Å²) < 4.78 is 1.69. The van der Waals surface area contributed by atoms with Crippen molar-refractivity contribution in [3.05, 3.63) is 66.2 Å². The van der Waals surface area contributed by atoms with Gasteiger partial charge in [-0.15, -0.1) is 0 Å². The van der Waals surface area contributed by atoms with Crippen LogP contribution in [-0.4, -0.2) is 62.7 Å². The zero-order valence-electron chi connectivity index (χ0n) is 42.4. The fourth-order valence-corrected chi connectivity index (χ4v) is 10.0. The van der Waals surface area contributed by atoms with Crippen LogP contribution in [-0.2, 0) is 5.79 Å². The molecule has 3 aromatic rings. The molecule has 7 N–H and O–H groups in total. The van der Waals surface area contributed by atoms with Crippen molar-refractivity contribution in [1.29, 1.82) is 0 Å². The van der Waals surface area contributed by atoms with Crippen molar-refractivity contribution in [3.63, 3.8) is 0 Å². The molecule has 4 rings (SSSR count). The van der Waals surface area contributed by atoms with Crippen LogP contribution < -0.4 is 42.1 Å². The normalized spacial score (nSPS) is 14.5. The van der Waals surface area contributed by atoms with E-state index in [0.29, 0.717) is 5.92 Å². The number of nitrogens with one attached hydrogen (secondary N) is 5. The van der Waals surface area contributed by atoms with E-state index in [1.165, 1.54) is 89.9 Å². The van der Waals surface area contributed by atoms with E-state index in [4.69, 9.17) is 17.6 Å². The number of rotatable bonds is 35. The van der Waals surface area contributed by atoms with Crippen molar-refractivity contribution < 1.29 is 0 Å². The molecule has 1 fully saturated rings. The Kier molecular flexibility index (Phi) is 25.1. The molecule has 1 saturated carbocycles. The van der Waals surface area contributed by atoms with Gasteiger partial charge >= 0.3 is 0 Å². The van der Waals surface area contributed by atoms with Crippen LogP contribution >= 0.6 is 11.8 Å². The van der Waals surface area contributed by atoms with Gasteiger partial charge in [-0.1, -0.05) is 174 Å². The average Bonchev–Trinajstić information content (AvgIpc) is 3.85. The third-order valence-corrected chi connectivity index (χ3v) is 14.0. The van der Waals surface area contributed by atoms with E-state index >= 15 is 0 Å². The van der Waals surface area contributed by atoms with Crippen molar-refractivity contribution in [2.75, 3.05) is 77.7 Å². The Morgan fingerprint density at radius 3 is 1.80 bits per heavy atom. The van der Waals surface area contributed by atoms with E-state index in [-0.39, 0.29) is 6.04 Å². The fourth-order valence-electron chi connectivity index (χ4n) is 9.77. The lowest BCUT2D eigenvalue weighted by atomic mass is 9.93. The van der Waals surface area contributed by atoms with Gasteiger partial charge in [-0.2, -0.15) is 4.53 Å². The molecular formula is C54H93ClN10. The highest BCUT2D eigenvalue weighted by molar-refractivity contribution is 6.29. The van der Waals surface area contributed by atoms with Crippen LogP contribution in [0.2, 0.25) is 0 Å². The summed E-state index contributed by atoms with van der Waals surface area (Å²) >= 11 is 7.98. The Labute approximate surface area is 402 Å². The molecular weight excluding hydrogens is 824 g/mol. The molecule has 1 aliphatic carbocycles. The topological polar surface area (TPSA) is 99.1 Å². The first-order chi connectivity index (χ1) is 31.7. The molecule has 0 saturated heterocycles. The second-order valence-electron chi connectivity index (χ2n) is 18.7. The minimum atomic E-state index is -0.832. The second kappa shape index (κ2) is 30.1. The summed E-state index contributed by atoms with van der Waals surface area (Å²) in [7, 11) is 4.41. The first-order valence-electron chi connectivity index (χ1n) is 26.3. The maximum Gasteiger partial charge on any atom is 0.159 e. The first kappa shape index (κ1) is 54.2. The Hall–Kier alpha value is -3.41. The van der Waals surface area contributed by atoms with Crippen LogP contribution in [0.15, 0.2) is 60.7 Å². The number of hydrogen-bond donors (Lipinski definition) is 6. The molecule has 0 heterocycles. The number of benzene rings is 3. The predicted octanol–water partition coefficient (Wildman–Crippen LogP) is 14.4. The standard InChI is InChI=1S/C54H93ClN10/c1-9-15-18-19-20-21-22-23-24-33-41-57-50-49(60-45-35-27-25-28-36-45)48(54(62(7)8,59-42-17-11-3)63(13-5)14-6)53(64(55)65(56)47-39-29-26-30-40-47)52(61-46-37-31-32-38-46)51(50)58-43-44(12-4)34-16-10-2/h25-30,35-36,39-40,44,46,57-61H,9-24,31-34,37-38,41-43,56H2,1-8H3. The molecule has 0 aromatic heterocycles. The molecule has 2 atom stereocenters. The summed E-state index contributed by atoms with van der Waals surface area (Å²) in [5, 5.41) is 22.4. The maximum absolute atomic E-state index is 7.98. The first-order valence-corrected chi connectivity index (χ1v) is 26.6. The number of anilines is 7. The molecule has 0 amide bonds. The SMILES string of the molecule is CCCCCCCCCCCCNc1c(NCC(CC)CCCC)c(NC2CCCC2)c(N(Cl)N(N)c2ccccc2)c(C(NCCCC)(N(C)C)N(CC)CC)c1Nc1ccccc1. The minimum Gasteiger partial charge on any atom is -0.382 e. The number of nitrogens with two attached hydrogens (primary N) is 1. The van der Waals surface area contributed by atoms with Gasteiger partial charge in [-0.3, -0.25) is 15.1 Å². The van der Waals surface area contributed by atoms with E-state index in [1.807, 2.05) is 30.3 Å². The number of hydrazine groups is 2. The van der Waals surface area contributed by atoms with Gasteiger partial charge in [0.2, 0.25) is 0 Å². The van der Waals surface area contributed by atoms with Crippen LogP contribution in [0.3, 0.4) is 0 Å². The van der Waals surface area contributed by atoms with E-state index in [2.05, 4.69) is 122 Å². The molecule has 3 aromatic carbocycles. The number of nitrogens with zero attached hydrogens (tertiary/aromatic N) is 4. The van der Waals surface area contributed by atoms with Crippen molar-refractivity contribution in [1.82, 2.24) is 15.1 Å². The lowest BCUT2D eigenvalue weighted by Crippen LogP contribution is -2.65. The summed E-state index contributed by atoms with van der Waals surface area (Å²) in [6.07, 6.45) is 24.4. The summed E-state index contributed by atoms with van der Waals surface area (Å²) in [5.41, 5.74) is 7.71. The van der Waals surface area contributed by atoms with Gasteiger partial charge in [0.15, 0.2) is 5.79 Å².